The van der Waals surface area contributed by atoms with Gasteiger partial charge in [0.2, 0.25) is 5.91 Å². The van der Waals surface area contributed by atoms with Gasteiger partial charge in [0.25, 0.3) is 0 Å². The van der Waals surface area contributed by atoms with E-state index in [9.17, 15) is 14.4 Å². The van der Waals surface area contributed by atoms with E-state index in [2.05, 4.69) is 5.32 Å². The zero-order valence-electron chi connectivity index (χ0n) is 16.9. The van der Waals surface area contributed by atoms with Crippen LogP contribution in [0.15, 0.2) is 30.3 Å². The van der Waals surface area contributed by atoms with Crippen molar-refractivity contribution in [2.24, 2.45) is 0 Å². The Morgan fingerprint density at radius 1 is 1.18 bits per heavy atom. The van der Waals surface area contributed by atoms with Gasteiger partial charge in [-0.1, -0.05) is 30.3 Å². The second-order valence-corrected chi connectivity index (χ2v) is 7.92. The molecule has 1 fully saturated rings. The van der Waals surface area contributed by atoms with Gasteiger partial charge < -0.3 is 19.7 Å². The highest BCUT2D eigenvalue weighted by atomic mass is 16.6. The molecule has 0 unspecified atom stereocenters. The Balaban J connectivity index is 1.72. The van der Waals surface area contributed by atoms with Crippen LogP contribution in [0.3, 0.4) is 0 Å². The third-order valence-electron chi connectivity index (χ3n) is 4.31. The maximum Gasteiger partial charge on any atom is 0.410 e. The SMILES string of the molecule is CC(C)(C)OC(=O)CCNC(=O)C[C@@H]1CCCN1C(=O)OCc1ccccc1. The Kier molecular flexibility index (Phi) is 7.84. The van der Waals surface area contributed by atoms with E-state index in [1.165, 1.54) is 0 Å². The monoisotopic (exact) mass is 390 g/mol. The van der Waals surface area contributed by atoms with Gasteiger partial charge in [0.1, 0.15) is 12.2 Å². The van der Waals surface area contributed by atoms with Gasteiger partial charge in [-0.25, -0.2) is 4.79 Å². The molecular weight excluding hydrogens is 360 g/mol. The van der Waals surface area contributed by atoms with Crippen molar-refractivity contribution in [2.45, 2.75) is 64.7 Å². The molecule has 7 nitrogen and oxygen atoms in total. The fourth-order valence-corrected chi connectivity index (χ4v) is 3.07. The van der Waals surface area contributed by atoms with Crippen molar-refractivity contribution in [3.63, 3.8) is 0 Å². The Bertz CT molecular complexity index is 669. The van der Waals surface area contributed by atoms with E-state index in [0.717, 1.165) is 18.4 Å². The average molecular weight is 390 g/mol. The highest BCUT2D eigenvalue weighted by Crippen LogP contribution is 2.21. The molecule has 0 radical (unpaired) electrons. The molecule has 1 aromatic carbocycles. The van der Waals surface area contributed by atoms with Crippen molar-refractivity contribution >= 4 is 18.0 Å². The molecule has 1 saturated heterocycles. The van der Waals surface area contributed by atoms with Crippen LogP contribution in [-0.2, 0) is 25.7 Å². The molecule has 1 aliphatic rings. The van der Waals surface area contributed by atoms with Gasteiger partial charge in [0, 0.05) is 25.6 Å². The van der Waals surface area contributed by atoms with Crippen LogP contribution in [0.1, 0.15) is 52.0 Å². The molecule has 1 aliphatic heterocycles. The number of hydrogen-bond acceptors (Lipinski definition) is 5. The zero-order valence-corrected chi connectivity index (χ0v) is 16.9. The summed E-state index contributed by atoms with van der Waals surface area (Å²) in [4.78, 5) is 37.8. The second kappa shape index (κ2) is 10.1. The molecule has 1 heterocycles. The molecule has 28 heavy (non-hydrogen) atoms. The standard InChI is InChI=1S/C21H30N2O5/c1-21(2,3)28-19(25)11-12-22-18(24)14-17-10-7-13-23(17)20(26)27-15-16-8-5-4-6-9-16/h4-6,8-9,17H,7,10-15H2,1-3H3,(H,22,24)/t17-/m0/s1. The Morgan fingerprint density at radius 2 is 1.89 bits per heavy atom. The number of carbonyl (C=O) groups is 3. The summed E-state index contributed by atoms with van der Waals surface area (Å²) in [5.74, 6) is -0.531. The molecule has 0 saturated carbocycles. The lowest BCUT2D eigenvalue weighted by Crippen LogP contribution is -2.39. The summed E-state index contributed by atoms with van der Waals surface area (Å²) in [5.41, 5.74) is 0.387. The zero-order chi connectivity index (χ0) is 20.6. The van der Waals surface area contributed by atoms with Crippen molar-refractivity contribution in [3.8, 4) is 0 Å². The number of amides is 2. The Hall–Kier alpha value is -2.57. The molecule has 7 heteroatoms. The largest absolute Gasteiger partial charge is 0.460 e. The van der Waals surface area contributed by atoms with Crippen LogP contribution in [0.4, 0.5) is 4.79 Å². The lowest BCUT2D eigenvalue weighted by Gasteiger charge is -2.23. The first-order chi connectivity index (χ1) is 13.2. The van der Waals surface area contributed by atoms with Crippen LogP contribution in [0.25, 0.3) is 0 Å². The van der Waals surface area contributed by atoms with Crippen LogP contribution in [-0.4, -0.2) is 47.6 Å². The molecular formula is C21H30N2O5. The number of rotatable bonds is 7. The minimum atomic E-state index is -0.536. The highest BCUT2D eigenvalue weighted by molar-refractivity contribution is 5.78. The number of nitrogens with zero attached hydrogens (tertiary/aromatic N) is 1. The third kappa shape index (κ3) is 7.58. The predicted octanol–water partition coefficient (Wildman–Crippen LogP) is 3.03. The molecule has 2 amide bonds. The fourth-order valence-electron chi connectivity index (χ4n) is 3.07. The molecule has 1 N–H and O–H groups in total. The summed E-state index contributed by atoms with van der Waals surface area (Å²) in [6.07, 6.45) is 1.54. The summed E-state index contributed by atoms with van der Waals surface area (Å²) in [5, 5.41) is 2.72. The first-order valence-electron chi connectivity index (χ1n) is 9.70. The summed E-state index contributed by atoms with van der Waals surface area (Å²) in [6, 6.07) is 9.31. The van der Waals surface area contributed by atoms with Crippen molar-refractivity contribution < 1.29 is 23.9 Å². The fraction of sp³-hybridized carbons (Fsp3) is 0.571. The van der Waals surface area contributed by atoms with Crippen molar-refractivity contribution in [1.29, 1.82) is 0 Å². The Morgan fingerprint density at radius 3 is 2.57 bits per heavy atom. The van der Waals surface area contributed by atoms with Crippen LogP contribution in [0.5, 0.6) is 0 Å². The number of hydrogen-bond donors (Lipinski definition) is 1. The number of nitrogens with one attached hydrogen (secondary N) is 1. The van der Waals surface area contributed by atoms with Gasteiger partial charge in [0.05, 0.1) is 6.42 Å². The van der Waals surface area contributed by atoms with E-state index in [1.54, 1.807) is 25.7 Å². The van der Waals surface area contributed by atoms with Crippen molar-refractivity contribution in [1.82, 2.24) is 10.2 Å². The quantitative estimate of drug-likeness (QED) is 0.724. The van der Waals surface area contributed by atoms with Crippen molar-refractivity contribution in [2.75, 3.05) is 13.1 Å². The molecule has 1 atom stereocenters. The van der Waals surface area contributed by atoms with Gasteiger partial charge in [0.15, 0.2) is 0 Å². The van der Waals surface area contributed by atoms with E-state index in [1.807, 2.05) is 30.3 Å². The molecule has 0 spiro atoms. The number of esters is 1. The number of ether oxygens (including phenoxy) is 2. The Labute approximate surface area is 166 Å². The van der Waals surface area contributed by atoms with E-state index >= 15 is 0 Å². The minimum Gasteiger partial charge on any atom is -0.460 e. The second-order valence-electron chi connectivity index (χ2n) is 7.92. The summed E-state index contributed by atoms with van der Waals surface area (Å²) in [6.45, 7) is 6.42. The summed E-state index contributed by atoms with van der Waals surface area (Å²) >= 11 is 0. The van der Waals surface area contributed by atoms with Gasteiger partial charge in [-0.05, 0) is 39.2 Å². The molecule has 154 valence electrons. The van der Waals surface area contributed by atoms with Gasteiger partial charge in [-0.2, -0.15) is 0 Å². The van der Waals surface area contributed by atoms with E-state index in [4.69, 9.17) is 9.47 Å². The summed E-state index contributed by atoms with van der Waals surface area (Å²) in [7, 11) is 0. The molecule has 0 bridgehead atoms. The topological polar surface area (TPSA) is 84.9 Å². The van der Waals surface area contributed by atoms with Gasteiger partial charge in [-0.15, -0.1) is 0 Å². The maximum atomic E-state index is 12.4. The number of likely N-dealkylation sites (tertiary alicyclic amines) is 1. The number of carbonyl (C=O) groups excluding carboxylic acids is 3. The lowest BCUT2D eigenvalue weighted by atomic mass is 10.1. The van der Waals surface area contributed by atoms with E-state index in [-0.39, 0.29) is 43.9 Å². The van der Waals surface area contributed by atoms with Crippen LogP contribution in [0.2, 0.25) is 0 Å². The highest BCUT2D eigenvalue weighted by Gasteiger charge is 2.31. The molecule has 0 aliphatic carbocycles. The first-order valence-corrected chi connectivity index (χ1v) is 9.70. The maximum absolute atomic E-state index is 12.4. The number of benzene rings is 1. The van der Waals surface area contributed by atoms with Gasteiger partial charge >= 0.3 is 12.1 Å². The van der Waals surface area contributed by atoms with Crippen molar-refractivity contribution in [3.05, 3.63) is 35.9 Å². The average Bonchev–Trinajstić information content (AvgIpc) is 3.07. The predicted molar refractivity (Wildman–Crippen MR) is 104 cm³/mol. The van der Waals surface area contributed by atoms with E-state index in [0.29, 0.717) is 6.54 Å². The van der Waals surface area contributed by atoms with E-state index < -0.39 is 11.7 Å². The smallest absolute Gasteiger partial charge is 0.410 e. The van der Waals surface area contributed by atoms with Crippen LogP contribution >= 0.6 is 0 Å². The van der Waals surface area contributed by atoms with Crippen LogP contribution in [0, 0.1) is 0 Å². The van der Waals surface area contributed by atoms with Gasteiger partial charge in [-0.3, -0.25) is 9.59 Å². The lowest BCUT2D eigenvalue weighted by molar-refractivity contribution is -0.154. The third-order valence-corrected chi connectivity index (χ3v) is 4.31. The normalized spacial score (nSPS) is 16.5. The molecule has 1 aromatic rings. The molecule has 2 rings (SSSR count). The molecule has 0 aromatic heterocycles. The summed E-state index contributed by atoms with van der Waals surface area (Å²) < 4.78 is 10.6. The first kappa shape index (κ1) is 21.7. The van der Waals surface area contributed by atoms with Crippen LogP contribution < -0.4 is 5.32 Å². The minimum absolute atomic E-state index is 0.122.